The highest BCUT2D eigenvalue weighted by Gasteiger charge is 2.22. The van der Waals surface area contributed by atoms with Gasteiger partial charge >= 0.3 is 0 Å². The van der Waals surface area contributed by atoms with Crippen molar-refractivity contribution in [3.8, 4) is 16.9 Å². The van der Waals surface area contributed by atoms with Crippen LogP contribution in [-0.2, 0) is 12.8 Å². The molecule has 0 unspecified atom stereocenters. The van der Waals surface area contributed by atoms with Gasteiger partial charge in [-0.15, -0.1) is 5.10 Å². The summed E-state index contributed by atoms with van der Waals surface area (Å²) in [7, 11) is 0. The Bertz CT molecular complexity index is 868. The molecule has 0 saturated heterocycles. The highest BCUT2D eigenvalue weighted by Crippen LogP contribution is 2.20. The van der Waals surface area contributed by atoms with Gasteiger partial charge in [0.15, 0.2) is 0 Å². The summed E-state index contributed by atoms with van der Waals surface area (Å²) in [5.74, 6) is 0. The second kappa shape index (κ2) is 9.10. The summed E-state index contributed by atoms with van der Waals surface area (Å²) < 4.78 is 1.78. The molecule has 0 bridgehead atoms. The number of aryl methyl sites for hydroxylation is 2. The van der Waals surface area contributed by atoms with Gasteiger partial charge in [0.25, 0.3) is 0 Å². The smallest absolute Gasteiger partial charge is 0.113 e. The van der Waals surface area contributed by atoms with Crippen LogP contribution < -0.4 is 5.73 Å². The van der Waals surface area contributed by atoms with Gasteiger partial charge in [0, 0.05) is 5.56 Å². The Hall–Kier alpha value is -2.54. The van der Waals surface area contributed by atoms with E-state index in [1.807, 2.05) is 30.5 Å². The van der Waals surface area contributed by atoms with Crippen molar-refractivity contribution >= 4 is 0 Å². The van der Waals surface area contributed by atoms with E-state index < -0.39 is 5.54 Å². The van der Waals surface area contributed by atoms with Crippen molar-refractivity contribution in [3.05, 3.63) is 65.9 Å². The van der Waals surface area contributed by atoms with Crippen molar-refractivity contribution in [2.75, 3.05) is 13.2 Å². The van der Waals surface area contributed by atoms with E-state index in [1.165, 1.54) is 5.56 Å². The first-order valence-corrected chi connectivity index (χ1v) is 9.68. The molecule has 0 radical (unpaired) electrons. The first-order chi connectivity index (χ1) is 13.6. The molecule has 1 aromatic heterocycles. The van der Waals surface area contributed by atoms with Gasteiger partial charge < -0.3 is 15.9 Å². The number of aliphatic hydroxyl groups is 2. The summed E-state index contributed by atoms with van der Waals surface area (Å²) in [4.78, 5) is 0. The summed E-state index contributed by atoms with van der Waals surface area (Å²) in [6.45, 7) is 1.71. The second-order valence-corrected chi connectivity index (χ2v) is 7.34. The molecule has 0 aliphatic rings. The molecule has 0 saturated carbocycles. The van der Waals surface area contributed by atoms with Crippen LogP contribution in [0.1, 0.15) is 30.9 Å². The van der Waals surface area contributed by atoms with E-state index in [2.05, 4.69) is 41.5 Å². The number of benzene rings is 2. The minimum absolute atomic E-state index is 0.232. The Balaban J connectivity index is 1.68. The number of aromatic nitrogens is 3. The molecule has 6 nitrogen and oxygen atoms in total. The zero-order valence-electron chi connectivity index (χ0n) is 16.3. The molecule has 0 atom stereocenters. The fourth-order valence-electron chi connectivity index (χ4n) is 3.07. The lowest BCUT2D eigenvalue weighted by atomic mass is 9.93. The maximum atomic E-state index is 9.29. The van der Waals surface area contributed by atoms with E-state index in [0.717, 1.165) is 35.3 Å². The van der Waals surface area contributed by atoms with Crippen molar-refractivity contribution in [1.82, 2.24) is 15.0 Å². The van der Waals surface area contributed by atoms with Crippen LogP contribution in [0, 0.1) is 0 Å². The molecule has 3 aromatic rings. The first-order valence-electron chi connectivity index (χ1n) is 9.68. The van der Waals surface area contributed by atoms with Crippen LogP contribution in [0.4, 0.5) is 0 Å². The van der Waals surface area contributed by atoms with Gasteiger partial charge in [0.2, 0.25) is 0 Å². The van der Waals surface area contributed by atoms with Crippen LogP contribution >= 0.6 is 0 Å². The Labute approximate surface area is 165 Å². The summed E-state index contributed by atoms with van der Waals surface area (Å²) in [5, 5.41) is 27.1. The predicted octanol–water partition coefficient (Wildman–Crippen LogP) is 2.50. The van der Waals surface area contributed by atoms with Crippen molar-refractivity contribution in [2.24, 2.45) is 5.73 Å². The number of aliphatic hydroxyl groups excluding tert-OH is 2. The van der Waals surface area contributed by atoms with Gasteiger partial charge in [-0.25, -0.2) is 4.68 Å². The highest BCUT2D eigenvalue weighted by atomic mass is 16.3. The molecule has 0 spiro atoms. The minimum Gasteiger partial charge on any atom is -0.394 e. The standard InChI is InChI=1S/C22H28N4O2/c1-2-3-17-6-10-20(11-7-17)26-14-21(24-25-26)19-8-4-18(5-9-19)12-13-22(23,15-27)16-28/h4-11,14,27-28H,2-3,12-13,15-16,23H2,1H3. The fraction of sp³-hybridized carbons (Fsp3) is 0.364. The summed E-state index contributed by atoms with van der Waals surface area (Å²) in [6.07, 6.45) is 5.34. The third-order valence-electron chi connectivity index (χ3n) is 5.02. The molecular weight excluding hydrogens is 352 g/mol. The Morgan fingerprint density at radius 1 is 0.929 bits per heavy atom. The van der Waals surface area contributed by atoms with E-state index in [1.54, 1.807) is 4.68 Å². The van der Waals surface area contributed by atoms with Crippen LogP contribution in [-0.4, -0.2) is 44.0 Å². The van der Waals surface area contributed by atoms with Crippen molar-refractivity contribution < 1.29 is 10.2 Å². The largest absolute Gasteiger partial charge is 0.394 e. The minimum atomic E-state index is -0.936. The molecule has 1 heterocycles. The van der Waals surface area contributed by atoms with E-state index >= 15 is 0 Å². The third kappa shape index (κ3) is 4.84. The Morgan fingerprint density at radius 3 is 2.14 bits per heavy atom. The number of hydrogen-bond acceptors (Lipinski definition) is 5. The summed E-state index contributed by atoms with van der Waals surface area (Å²) >= 11 is 0. The van der Waals surface area contributed by atoms with Crippen molar-refractivity contribution in [2.45, 2.75) is 38.1 Å². The molecule has 28 heavy (non-hydrogen) atoms. The maximum Gasteiger partial charge on any atom is 0.113 e. The van der Waals surface area contributed by atoms with Crippen LogP contribution in [0.5, 0.6) is 0 Å². The molecule has 3 rings (SSSR count). The van der Waals surface area contributed by atoms with Gasteiger partial charge in [0.05, 0.1) is 30.6 Å². The third-order valence-corrected chi connectivity index (χ3v) is 5.02. The predicted molar refractivity (Wildman–Crippen MR) is 110 cm³/mol. The first kappa shape index (κ1) is 20.2. The number of rotatable bonds is 9. The van der Waals surface area contributed by atoms with Gasteiger partial charge in [-0.3, -0.25) is 0 Å². The number of hydrogen-bond donors (Lipinski definition) is 3. The van der Waals surface area contributed by atoms with E-state index in [9.17, 15) is 10.2 Å². The Morgan fingerprint density at radius 2 is 1.54 bits per heavy atom. The lowest BCUT2D eigenvalue weighted by Gasteiger charge is -2.24. The number of nitrogens with two attached hydrogens (primary N) is 1. The Kier molecular flexibility index (Phi) is 6.57. The van der Waals surface area contributed by atoms with Gasteiger partial charge in [0.1, 0.15) is 5.69 Å². The zero-order chi connectivity index (χ0) is 20.0. The van der Waals surface area contributed by atoms with Crippen LogP contribution in [0.2, 0.25) is 0 Å². The number of nitrogens with zero attached hydrogens (tertiary/aromatic N) is 3. The van der Waals surface area contributed by atoms with Crippen LogP contribution in [0.25, 0.3) is 16.9 Å². The molecule has 4 N–H and O–H groups in total. The monoisotopic (exact) mass is 380 g/mol. The molecule has 2 aromatic carbocycles. The van der Waals surface area contributed by atoms with Gasteiger partial charge in [-0.2, -0.15) is 0 Å². The van der Waals surface area contributed by atoms with Crippen LogP contribution in [0.15, 0.2) is 54.7 Å². The normalized spacial score (nSPS) is 11.7. The second-order valence-electron chi connectivity index (χ2n) is 7.34. The summed E-state index contributed by atoms with van der Waals surface area (Å²) in [5.41, 5.74) is 10.2. The van der Waals surface area contributed by atoms with E-state index in [0.29, 0.717) is 12.8 Å². The van der Waals surface area contributed by atoms with E-state index in [-0.39, 0.29) is 13.2 Å². The van der Waals surface area contributed by atoms with Crippen molar-refractivity contribution in [3.63, 3.8) is 0 Å². The average molecular weight is 380 g/mol. The molecular formula is C22H28N4O2. The fourth-order valence-corrected chi connectivity index (χ4v) is 3.07. The van der Waals surface area contributed by atoms with Crippen molar-refractivity contribution in [1.29, 1.82) is 0 Å². The SMILES string of the molecule is CCCc1ccc(-n2cc(-c3ccc(CCC(N)(CO)CO)cc3)nn2)cc1. The lowest BCUT2D eigenvalue weighted by molar-refractivity contribution is 0.115. The lowest BCUT2D eigenvalue weighted by Crippen LogP contribution is -2.47. The highest BCUT2D eigenvalue weighted by molar-refractivity contribution is 5.58. The quantitative estimate of drug-likeness (QED) is 0.530. The molecule has 0 fully saturated rings. The molecule has 0 aliphatic heterocycles. The molecule has 0 aliphatic carbocycles. The summed E-state index contributed by atoms with van der Waals surface area (Å²) in [6, 6.07) is 16.4. The topological polar surface area (TPSA) is 97.2 Å². The van der Waals surface area contributed by atoms with Gasteiger partial charge in [-0.05, 0) is 42.5 Å². The average Bonchev–Trinajstić information content (AvgIpc) is 3.23. The zero-order valence-corrected chi connectivity index (χ0v) is 16.3. The molecule has 0 amide bonds. The maximum absolute atomic E-state index is 9.29. The van der Waals surface area contributed by atoms with Gasteiger partial charge in [-0.1, -0.05) is 55.0 Å². The van der Waals surface area contributed by atoms with Crippen LogP contribution in [0.3, 0.4) is 0 Å². The molecule has 6 heteroatoms. The van der Waals surface area contributed by atoms with E-state index in [4.69, 9.17) is 5.73 Å². The molecule has 148 valence electrons.